The van der Waals surface area contributed by atoms with Crippen molar-refractivity contribution in [1.29, 1.82) is 0 Å². The summed E-state index contributed by atoms with van der Waals surface area (Å²) in [5.41, 5.74) is 5.47. The van der Waals surface area contributed by atoms with Crippen molar-refractivity contribution in [3.63, 3.8) is 0 Å². The fraction of sp³-hybridized carbons (Fsp3) is 0.579. The number of amides is 4. The normalized spacial score (nSPS) is 26.4. The zero-order chi connectivity index (χ0) is 52.4. The van der Waals surface area contributed by atoms with Gasteiger partial charge in [-0.1, -0.05) is 52.7 Å². The van der Waals surface area contributed by atoms with Gasteiger partial charge in [-0.25, -0.2) is 28.3 Å². The highest BCUT2D eigenvalue weighted by Crippen LogP contribution is 2.52. The predicted molar refractivity (Wildman–Crippen MR) is 281 cm³/mol. The molecule has 4 aliphatic heterocycles. The largest absolute Gasteiger partial charge is 0.453 e. The van der Waals surface area contributed by atoms with Gasteiger partial charge in [0.05, 0.1) is 60.5 Å². The van der Waals surface area contributed by atoms with Crippen LogP contribution in [-0.4, -0.2) is 105 Å². The lowest BCUT2D eigenvalue weighted by Gasteiger charge is -2.35. The summed E-state index contributed by atoms with van der Waals surface area (Å²) < 4.78 is 43.0. The van der Waals surface area contributed by atoms with Gasteiger partial charge in [-0.15, -0.1) is 0 Å². The molecule has 0 bridgehead atoms. The molecule has 16 nitrogen and oxygen atoms in total. The number of halogens is 2. The Morgan fingerprint density at radius 1 is 0.600 bits per heavy atom. The van der Waals surface area contributed by atoms with Crippen molar-refractivity contribution >= 4 is 57.4 Å². The number of rotatable bonds is 12. The molecule has 4 amide bonds. The summed E-state index contributed by atoms with van der Waals surface area (Å²) in [4.78, 5) is 79.3. The molecule has 400 valence electrons. The summed E-state index contributed by atoms with van der Waals surface area (Å²) in [6.45, 7) is 8.89. The SMILES string of the molecule is COC(=O)N[C@H](C(=O)N1C(c2nc3cc([C@H]4CC[C@H](c5ccc6[nH]c(C7C[C@@H]8CCC[C@@H]8N7C(=O)[C@@H](NC(=O)OC)C(C)C)nc6c5)N4c4cc(F)c(N5CCCCC5)c(F)c4)ccc3[nH]2)C[C@@H]2CCC[C@@H]21)C(C)C. The maximum atomic E-state index is 16.6. The van der Waals surface area contributed by atoms with Crippen molar-refractivity contribution in [3.05, 3.63) is 82.9 Å². The van der Waals surface area contributed by atoms with Gasteiger partial charge in [-0.2, -0.15) is 0 Å². The van der Waals surface area contributed by atoms with E-state index in [-0.39, 0.29) is 65.6 Å². The van der Waals surface area contributed by atoms with Gasteiger partial charge in [0.2, 0.25) is 11.8 Å². The van der Waals surface area contributed by atoms with E-state index in [1.54, 1.807) is 0 Å². The Bertz CT molecular complexity index is 2790. The van der Waals surface area contributed by atoms with E-state index in [0.29, 0.717) is 55.1 Å². The third kappa shape index (κ3) is 9.31. The summed E-state index contributed by atoms with van der Waals surface area (Å²) >= 11 is 0. The molecule has 75 heavy (non-hydrogen) atoms. The van der Waals surface area contributed by atoms with E-state index < -0.39 is 35.9 Å². The van der Waals surface area contributed by atoms with Gasteiger partial charge >= 0.3 is 12.2 Å². The van der Waals surface area contributed by atoms with Crippen LogP contribution in [0, 0.1) is 35.3 Å². The molecule has 5 aromatic rings. The minimum atomic E-state index is -0.759. The van der Waals surface area contributed by atoms with Gasteiger partial charge in [-0.05, 0) is 142 Å². The van der Waals surface area contributed by atoms with Gasteiger partial charge < -0.3 is 49.7 Å². The lowest BCUT2D eigenvalue weighted by molar-refractivity contribution is -0.138. The molecule has 18 heteroatoms. The van der Waals surface area contributed by atoms with E-state index in [2.05, 4.69) is 49.8 Å². The molecule has 10 atom stereocenters. The first kappa shape index (κ1) is 50.7. The van der Waals surface area contributed by atoms with Gasteiger partial charge in [0, 0.05) is 30.9 Å². The first-order valence-corrected chi connectivity index (χ1v) is 27.6. The molecule has 6 fully saturated rings. The van der Waals surface area contributed by atoms with Gasteiger partial charge in [-0.3, -0.25) is 9.59 Å². The highest BCUT2D eigenvalue weighted by molar-refractivity contribution is 5.88. The number of fused-ring (bicyclic) bond motifs is 4. The fourth-order valence-electron chi connectivity index (χ4n) is 14.2. The second-order valence-corrected chi connectivity index (χ2v) is 22.8. The van der Waals surface area contributed by atoms with E-state index in [1.165, 1.54) is 26.4 Å². The van der Waals surface area contributed by atoms with E-state index >= 15 is 8.78 Å². The third-order valence-electron chi connectivity index (χ3n) is 17.8. The number of hydrogen-bond acceptors (Lipinski definition) is 10. The zero-order valence-electron chi connectivity index (χ0n) is 44.0. The number of ether oxygens (including phenoxy) is 2. The Kier molecular flexibility index (Phi) is 13.9. The van der Waals surface area contributed by atoms with E-state index in [4.69, 9.17) is 19.4 Å². The summed E-state index contributed by atoms with van der Waals surface area (Å²) in [5, 5.41) is 5.59. The summed E-state index contributed by atoms with van der Waals surface area (Å²) in [6, 6.07) is 12.7. The molecule has 2 aliphatic carbocycles. The molecular weight excluding hydrogens is 959 g/mol. The van der Waals surface area contributed by atoms with E-state index in [0.717, 1.165) is 104 Å². The molecule has 6 heterocycles. The molecule has 6 aliphatic rings. The second-order valence-electron chi connectivity index (χ2n) is 22.8. The van der Waals surface area contributed by atoms with Crippen LogP contribution >= 0.6 is 0 Å². The van der Waals surface area contributed by atoms with Crippen LogP contribution < -0.4 is 20.4 Å². The van der Waals surface area contributed by atoms with Crippen molar-refractivity contribution in [1.82, 2.24) is 40.4 Å². The number of nitrogens with one attached hydrogen (secondary N) is 4. The Morgan fingerprint density at radius 2 is 1.05 bits per heavy atom. The number of aromatic amines is 2. The van der Waals surface area contributed by atoms with Crippen molar-refractivity contribution in [3.8, 4) is 0 Å². The Hall–Kier alpha value is -6.46. The van der Waals surface area contributed by atoms with Crippen LogP contribution in [-0.2, 0) is 19.1 Å². The first-order valence-electron chi connectivity index (χ1n) is 27.6. The number of piperidine rings is 1. The quantitative estimate of drug-likeness (QED) is 0.0939. The number of methoxy groups -OCH3 is 2. The van der Waals surface area contributed by atoms with Crippen LogP contribution in [0.25, 0.3) is 22.1 Å². The smallest absolute Gasteiger partial charge is 0.407 e. The molecule has 2 unspecified atom stereocenters. The summed E-state index contributed by atoms with van der Waals surface area (Å²) in [7, 11) is 2.60. The number of nitrogens with zero attached hydrogens (tertiary/aromatic N) is 6. The second kappa shape index (κ2) is 20.6. The number of benzene rings is 3. The number of imidazole rings is 2. The van der Waals surface area contributed by atoms with Crippen molar-refractivity contribution in [2.24, 2.45) is 23.7 Å². The predicted octanol–water partition coefficient (Wildman–Crippen LogP) is 10.4. The molecule has 4 saturated heterocycles. The van der Waals surface area contributed by atoms with Crippen LogP contribution in [0.1, 0.15) is 158 Å². The number of aromatic nitrogens is 4. The summed E-state index contributed by atoms with van der Waals surface area (Å²) in [6.07, 6.45) is 10.3. The maximum absolute atomic E-state index is 16.6. The molecule has 2 aromatic heterocycles. The number of likely N-dealkylation sites (tertiary alicyclic amines) is 2. The van der Waals surface area contributed by atoms with Gasteiger partial charge in [0.1, 0.15) is 29.4 Å². The molecule has 0 radical (unpaired) electrons. The molecule has 3 aromatic carbocycles. The monoisotopic (exact) mass is 1030 g/mol. The summed E-state index contributed by atoms with van der Waals surface area (Å²) in [5.74, 6) is 0.265. The molecule has 0 spiro atoms. The van der Waals surface area contributed by atoms with Crippen LogP contribution in [0.2, 0.25) is 0 Å². The number of hydrogen-bond donors (Lipinski definition) is 4. The standard InChI is InChI=1S/C57H72F2N10O6/c1-30(2)49(64-56(72)74-5)54(70)68-43-14-10-12-32(43)26-47(68)52-60-39-18-16-34(24-41(39)62-52)45-20-21-46(67(45)36-28-37(58)51(38(59)29-36)66-22-8-7-9-23-66)35-17-19-40-42(25-35)63-53(61-40)48-27-33-13-11-15-44(33)69(48)55(71)50(31(3)4)65-57(73)75-6/h16-19,24-25,28-33,43-50H,7-15,20-23,26-27H2,1-6H3,(H,60,62)(H,61,63)(H,64,72)(H,65,73)/t32-,33-,43-,44-,45+,46+,47?,48?,49-,50-/m0/s1. The molecule has 2 saturated carbocycles. The fourth-order valence-corrected chi connectivity index (χ4v) is 14.2. The topological polar surface area (TPSA) is 181 Å². The van der Waals surface area contributed by atoms with Crippen molar-refractivity contribution < 1.29 is 37.4 Å². The lowest BCUT2D eigenvalue weighted by Crippen LogP contribution is -2.53. The number of carbonyl (C=O) groups excluding carboxylic acids is 4. The van der Waals surface area contributed by atoms with Crippen molar-refractivity contribution in [2.75, 3.05) is 37.1 Å². The minimum absolute atomic E-state index is 0.0235. The molecule has 11 rings (SSSR count). The highest BCUT2D eigenvalue weighted by Gasteiger charge is 2.51. The number of carbonyl (C=O) groups is 4. The Labute approximate surface area is 437 Å². The zero-order valence-corrected chi connectivity index (χ0v) is 44.0. The van der Waals surface area contributed by atoms with Gasteiger partial charge in [0.25, 0.3) is 0 Å². The van der Waals surface area contributed by atoms with Crippen LogP contribution in [0.4, 0.5) is 29.7 Å². The Morgan fingerprint density at radius 3 is 1.48 bits per heavy atom. The average Bonchev–Trinajstić information content (AvgIpc) is 4.28. The van der Waals surface area contributed by atoms with Crippen LogP contribution in [0.3, 0.4) is 0 Å². The first-order chi connectivity index (χ1) is 36.2. The average molecular weight is 1030 g/mol. The lowest BCUT2D eigenvalue weighted by atomic mass is 10.0. The molecule has 4 N–H and O–H groups in total. The Balaban J connectivity index is 0.929. The third-order valence-corrected chi connectivity index (χ3v) is 17.8. The number of H-pyrrole nitrogens is 2. The number of alkyl carbamates (subject to hydrolysis) is 2. The van der Waals surface area contributed by atoms with Crippen LogP contribution in [0.15, 0.2) is 48.5 Å². The van der Waals surface area contributed by atoms with E-state index in [9.17, 15) is 19.2 Å². The van der Waals surface area contributed by atoms with Crippen molar-refractivity contribution in [2.45, 2.75) is 160 Å². The van der Waals surface area contributed by atoms with E-state index in [1.807, 2.05) is 54.5 Å². The minimum Gasteiger partial charge on any atom is -0.453 e. The van der Waals surface area contributed by atoms with Gasteiger partial charge in [0.15, 0.2) is 11.6 Å². The van der Waals surface area contributed by atoms with Crippen LogP contribution in [0.5, 0.6) is 0 Å². The number of anilines is 2. The molecular formula is C57H72F2N10O6. The highest BCUT2D eigenvalue weighted by atomic mass is 19.1. The maximum Gasteiger partial charge on any atom is 0.407 e.